The molecule has 0 bridgehead atoms. The summed E-state index contributed by atoms with van der Waals surface area (Å²) in [6, 6.07) is 0.139. The molecule has 0 aromatic rings. The van der Waals surface area contributed by atoms with Crippen LogP contribution in [0.15, 0.2) is 0 Å². The molecular formula is C12H25N3O. The molecule has 0 radical (unpaired) electrons. The highest BCUT2D eigenvalue weighted by atomic mass is 16.2. The van der Waals surface area contributed by atoms with Crippen LogP contribution in [-0.4, -0.2) is 36.6 Å². The first-order valence-electron chi connectivity index (χ1n) is 6.30. The van der Waals surface area contributed by atoms with Crippen molar-refractivity contribution in [3.63, 3.8) is 0 Å². The van der Waals surface area contributed by atoms with Gasteiger partial charge >= 0.3 is 6.03 Å². The quantitative estimate of drug-likeness (QED) is 0.766. The SMILES string of the molecule is CC1CCCN(C(=O)NC(CN)C(C)C)C1. The first-order chi connectivity index (χ1) is 7.54. The number of nitrogens with one attached hydrogen (secondary N) is 1. The molecule has 4 nitrogen and oxygen atoms in total. The van der Waals surface area contributed by atoms with Gasteiger partial charge in [-0.2, -0.15) is 0 Å². The molecule has 4 heteroatoms. The van der Waals surface area contributed by atoms with Crippen LogP contribution in [0.2, 0.25) is 0 Å². The predicted molar refractivity (Wildman–Crippen MR) is 66.2 cm³/mol. The van der Waals surface area contributed by atoms with Crippen LogP contribution in [-0.2, 0) is 0 Å². The summed E-state index contributed by atoms with van der Waals surface area (Å²) < 4.78 is 0. The highest BCUT2D eigenvalue weighted by Gasteiger charge is 2.23. The van der Waals surface area contributed by atoms with Crippen molar-refractivity contribution < 1.29 is 4.79 Å². The monoisotopic (exact) mass is 227 g/mol. The average Bonchev–Trinajstić information content (AvgIpc) is 2.25. The molecule has 0 aromatic heterocycles. The van der Waals surface area contributed by atoms with Crippen molar-refractivity contribution in [1.29, 1.82) is 0 Å². The summed E-state index contributed by atoms with van der Waals surface area (Å²) in [7, 11) is 0. The van der Waals surface area contributed by atoms with Crippen molar-refractivity contribution >= 4 is 6.03 Å². The van der Waals surface area contributed by atoms with Crippen molar-refractivity contribution in [1.82, 2.24) is 10.2 Å². The highest BCUT2D eigenvalue weighted by molar-refractivity contribution is 5.74. The van der Waals surface area contributed by atoms with Crippen LogP contribution in [0.4, 0.5) is 4.79 Å². The van der Waals surface area contributed by atoms with Gasteiger partial charge in [-0.3, -0.25) is 0 Å². The Hall–Kier alpha value is -0.770. The third kappa shape index (κ3) is 3.67. The number of nitrogens with two attached hydrogens (primary N) is 1. The van der Waals surface area contributed by atoms with Gasteiger partial charge in [-0.05, 0) is 24.7 Å². The van der Waals surface area contributed by atoms with E-state index in [0.29, 0.717) is 18.4 Å². The molecule has 1 saturated heterocycles. The number of urea groups is 1. The zero-order valence-corrected chi connectivity index (χ0v) is 10.7. The first-order valence-corrected chi connectivity index (χ1v) is 6.30. The van der Waals surface area contributed by atoms with Crippen molar-refractivity contribution in [2.45, 2.75) is 39.7 Å². The lowest BCUT2D eigenvalue weighted by Gasteiger charge is -2.33. The largest absolute Gasteiger partial charge is 0.334 e. The van der Waals surface area contributed by atoms with Crippen LogP contribution in [0.1, 0.15) is 33.6 Å². The van der Waals surface area contributed by atoms with Crippen LogP contribution in [0.3, 0.4) is 0 Å². The first kappa shape index (κ1) is 13.3. The molecule has 94 valence electrons. The van der Waals surface area contributed by atoms with E-state index < -0.39 is 0 Å². The zero-order valence-electron chi connectivity index (χ0n) is 10.7. The maximum Gasteiger partial charge on any atom is 0.317 e. The third-order valence-electron chi connectivity index (χ3n) is 3.31. The third-order valence-corrected chi connectivity index (χ3v) is 3.31. The lowest BCUT2D eigenvalue weighted by atomic mass is 10.0. The molecule has 0 aliphatic carbocycles. The molecule has 1 aliphatic heterocycles. The van der Waals surface area contributed by atoms with Gasteiger partial charge in [0.2, 0.25) is 0 Å². The lowest BCUT2D eigenvalue weighted by molar-refractivity contribution is 0.164. The summed E-state index contributed by atoms with van der Waals surface area (Å²) >= 11 is 0. The zero-order chi connectivity index (χ0) is 12.1. The molecule has 3 N–H and O–H groups in total. The van der Waals surface area contributed by atoms with E-state index in [9.17, 15) is 4.79 Å². The molecule has 1 rings (SSSR count). The Labute approximate surface area is 98.6 Å². The second kappa shape index (κ2) is 6.09. The smallest absolute Gasteiger partial charge is 0.317 e. The van der Waals surface area contributed by atoms with Crippen LogP contribution in [0.25, 0.3) is 0 Å². The number of likely N-dealkylation sites (tertiary alicyclic amines) is 1. The van der Waals surface area contributed by atoms with E-state index in [0.717, 1.165) is 19.5 Å². The van der Waals surface area contributed by atoms with E-state index >= 15 is 0 Å². The number of hydrogen-bond donors (Lipinski definition) is 2. The number of amides is 2. The highest BCUT2D eigenvalue weighted by Crippen LogP contribution is 2.15. The Kier molecular flexibility index (Phi) is 5.06. The second-order valence-corrected chi connectivity index (χ2v) is 5.23. The van der Waals surface area contributed by atoms with Gasteiger partial charge < -0.3 is 16.0 Å². The second-order valence-electron chi connectivity index (χ2n) is 5.23. The van der Waals surface area contributed by atoms with Gasteiger partial charge in [0, 0.05) is 25.7 Å². The number of piperidine rings is 1. The molecule has 2 amide bonds. The standard InChI is InChI=1S/C12H25N3O/c1-9(2)11(7-13)14-12(16)15-6-4-5-10(3)8-15/h9-11H,4-8,13H2,1-3H3,(H,14,16). The van der Waals surface area contributed by atoms with E-state index in [2.05, 4.69) is 26.1 Å². The van der Waals surface area contributed by atoms with Gasteiger partial charge in [-0.25, -0.2) is 4.79 Å². The van der Waals surface area contributed by atoms with Crippen LogP contribution in [0.5, 0.6) is 0 Å². The molecule has 0 aromatic carbocycles. The lowest BCUT2D eigenvalue weighted by Crippen LogP contribution is -2.51. The van der Waals surface area contributed by atoms with Gasteiger partial charge in [0.1, 0.15) is 0 Å². The molecule has 16 heavy (non-hydrogen) atoms. The maximum absolute atomic E-state index is 12.0. The van der Waals surface area contributed by atoms with Gasteiger partial charge in [0.15, 0.2) is 0 Å². The Bertz CT molecular complexity index is 230. The Morgan fingerprint density at radius 2 is 2.25 bits per heavy atom. The van der Waals surface area contributed by atoms with Crippen molar-refractivity contribution in [3.05, 3.63) is 0 Å². The van der Waals surface area contributed by atoms with Crippen LogP contribution < -0.4 is 11.1 Å². The van der Waals surface area contributed by atoms with E-state index in [-0.39, 0.29) is 12.1 Å². The predicted octanol–water partition coefficient (Wildman–Crippen LogP) is 1.41. The Morgan fingerprint density at radius 3 is 2.75 bits per heavy atom. The minimum absolute atomic E-state index is 0.0516. The molecular weight excluding hydrogens is 202 g/mol. The summed E-state index contributed by atoms with van der Waals surface area (Å²) in [6.45, 7) is 8.62. The molecule has 1 heterocycles. The maximum atomic E-state index is 12.0. The summed E-state index contributed by atoms with van der Waals surface area (Å²) in [6.07, 6.45) is 2.35. The minimum Gasteiger partial charge on any atom is -0.334 e. The van der Waals surface area contributed by atoms with E-state index in [1.807, 2.05) is 4.90 Å². The molecule has 2 atom stereocenters. The van der Waals surface area contributed by atoms with Crippen molar-refractivity contribution in [3.8, 4) is 0 Å². The van der Waals surface area contributed by atoms with Crippen LogP contribution in [0, 0.1) is 11.8 Å². The molecule has 1 aliphatic rings. The van der Waals surface area contributed by atoms with Gasteiger partial charge in [0.25, 0.3) is 0 Å². The number of carbonyl (C=O) groups is 1. The van der Waals surface area contributed by atoms with Gasteiger partial charge in [-0.1, -0.05) is 20.8 Å². The van der Waals surface area contributed by atoms with Crippen LogP contribution >= 0.6 is 0 Å². The van der Waals surface area contributed by atoms with E-state index in [1.54, 1.807) is 0 Å². The van der Waals surface area contributed by atoms with E-state index in [1.165, 1.54) is 6.42 Å². The average molecular weight is 227 g/mol. The molecule has 1 fully saturated rings. The van der Waals surface area contributed by atoms with E-state index in [4.69, 9.17) is 5.73 Å². The van der Waals surface area contributed by atoms with Gasteiger partial charge in [0.05, 0.1) is 0 Å². The number of rotatable bonds is 3. The summed E-state index contributed by atoms with van der Waals surface area (Å²) in [5.41, 5.74) is 5.65. The fraction of sp³-hybridized carbons (Fsp3) is 0.917. The Morgan fingerprint density at radius 1 is 1.56 bits per heavy atom. The number of hydrogen-bond acceptors (Lipinski definition) is 2. The molecule has 2 unspecified atom stereocenters. The molecule has 0 spiro atoms. The number of carbonyl (C=O) groups excluding carboxylic acids is 1. The van der Waals surface area contributed by atoms with Crippen molar-refractivity contribution in [2.24, 2.45) is 17.6 Å². The fourth-order valence-corrected chi connectivity index (χ4v) is 2.12. The Balaban J connectivity index is 2.44. The minimum atomic E-state index is 0.0516. The summed E-state index contributed by atoms with van der Waals surface area (Å²) in [4.78, 5) is 13.9. The summed E-state index contributed by atoms with van der Waals surface area (Å²) in [5.74, 6) is 1.01. The van der Waals surface area contributed by atoms with Crippen molar-refractivity contribution in [2.75, 3.05) is 19.6 Å². The topological polar surface area (TPSA) is 58.4 Å². The normalized spacial score (nSPS) is 23.3. The summed E-state index contributed by atoms with van der Waals surface area (Å²) in [5, 5.41) is 3.02. The number of nitrogens with zero attached hydrogens (tertiary/aromatic N) is 1. The fourth-order valence-electron chi connectivity index (χ4n) is 2.12. The molecule has 0 saturated carbocycles. The van der Waals surface area contributed by atoms with Gasteiger partial charge in [-0.15, -0.1) is 0 Å².